The van der Waals surface area contributed by atoms with E-state index >= 15 is 0 Å². The predicted octanol–water partition coefficient (Wildman–Crippen LogP) is 0.0322. The molecule has 1 saturated carbocycles. The van der Waals surface area contributed by atoms with Gasteiger partial charge in [0, 0.05) is 19.7 Å². The number of ether oxygens (including phenoxy) is 1. The summed E-state index contributed by atoms with van der Waals surface area (Å²) in [5.41, 5.74) is -0.599. The molecule has 3 N–H and O–H groups in total. The lowest BCUT2D eigenvalue weighted by atomic mass is 10.0. The van der Waals surface area contributed by atoms with E-state index in [9.17, 15) is 9.90 Å². The molecule has 1 atom stereocenters. The molecule has 1 fully saturated rings. The van der Waals surface area contributed by atoms with Crippen LogP contribution in [0.3, 0.4) is 0 Å². The highest BCUT2D eigenvalue weighted by atomic mass is 16.5. The number of methoxy groups -OCH3 is 1. The molecule has 100 valence electrons. The lowest BCUT2D eigenvalue weighted by Crippen LogP contribution is -2.45. The lowest BCUT2D eigenvalue weighted by Gasteiger charge is -2.22. The van der Waals surface area contributed by atoms with E-state index in [1.807, 2.05) is 6.92 Å². The Morgan fingerprint density at radius 2 is 2.12 bits per heavy atom. The summed E-state index contributed by atoms with van der Waals surface area (Å²) < 4.78 is 4.93. The molecule has 1 rings (SSSR count). The molecule has 1 unspecified atom stereocenters. The van der Waals surface area contributed by atoms with Crippen LogP contribution in [0, 0.1) is 0 Å². The Hall–Kier alpha value is -0.650. The zero-order valence-electron chi connectivity index (χ0n) is 10.8. The zero-order chi connectivity index (χ0) is 12.7. The predicted molar refractivity (Wildman–Crippen MR) is 65.8 cm³/mol. The van der Waals surface area contributed by atoms with Crippen molar-refractivity contribution in [2.75, 3.05) is 26.8 Å². The third-order valence-corrected chi connectivity index (χ3v) is 3.10. The second kappa shape index (κ2) is 6.93. The molecule has 0 aromatic rings. The first kappa shape index (κ1) is 14.4. The Kier molecular flexibility index (Phi) is 5.88. The molecule has 1 aliphatic rings. The van der Waals surface area contributed by atoms with E-state index in [0.717, 1.165) is 25.7 Å². The van der Waals surface area contributed by atoms with Gasteiger partial charge in [-0.25, -0.2) is 0 Å². The van der Waals surface area contributed by atoms with Crippen LogP contribution >= 0.6 is 0 Å². The monoisotopic (exact) mass is 244 g/mol. The topological polar surface area (TPSA) is 70.6 Å². The highest BCUT2D eigenvalue weighted by Crippen LogP contribution is 2.28. The number of carbonyl (C=O) groups excluding carboxylic acids is 1. The first-order valence-electron chi connectivity index (χ1n) is 6.27. The second-order valence-electron chi connectivity index (χ2n) is 4.96. The molecule has 0 bridgehead atoms. The van der Waals surface area contributed by atoms with Gasteiger partial charge in [-0.1, -0.05) is 12.8 Å². The van der Waals surface area contributed by atoms with Gasteiger partial charge in [-0.05, 0) is 19.8 Å². The summed E-state index contributed by atoms with van der Waals surface area (Å²) in [6.45, 7) is 3.15. The minimum atomic E-state index is -0.599. The summed E-state index contributed by atoms with van der Waals surface area (Å²) in [7, 11) is 1.61. The number of nitrogens with one attached hydrogen (secondary N) is 2. The van der Waals surface area contributed by atoms with Gasteiger partial charge < -0.3 is 20.5 Å². The fraction of sp³-hybridized carbons (Fsp3) is 0.917. The Bertz CT molecular complexity index is 240. The van der Waals surface area contributed by atoms with Gasteiger partial charge in [0.15, 0.2) is 0 Å². The number of rotatable bonds is 7. The van der Waals surface area contributed by atoms with Crippen LogP contribution in [0.5, 0.6) is 0 Å². The first-order valence-corrected chi connectivity index (χ1v) is 6.27. The van der Waals surface area contributed by atoms with Crippen molar-refractivity contribution in [3.8, 4) is 0 Å². The molecule has 0 radical (unpaired) electrons. The molecule has 0 aliphatic heterocycles. The van der Waals surface area contributed by atoms with Gasteiger partial charge >= 0.3 is 0 Å². The second-order valence-corrected chi connectivity index (χ2v) is 4.96. The summed E-state index contributed by atoms with van der Waals surface area (Å²) >= 11 is 0. The van der Waals surface area contributed by atoms with E-state index in [2.05, 4.69) is 10.6 Å². The highest BCUT2D eigenvalue weighted by Gasteiger charge is 2.30. The largest absolute Gasteiger partial charge is 0.389 e. The Balaban J connectivity index is 2.11. The van der Waals surface area contributed by atoms with Crippen molar-refractivity contribution in [3.63, 3.8) is 0 Å². The van der Waals surface area contributed by atoms with Crippen LogP contribution in [0.25, 0.3) is 0 Å². The van der Waals surface area contributed by atoms with Crippen LogP contribution < -0.4 is 10.6 Å². The summed E-state index contributed by atoms with van der Waals surface area (Å²) in [6, 6.07) is 0.0175. The van der Waals surface area contributed by atoms with Crippen molar-refractivity contribution in [1.82, 2.24) is 10.6 Å². The normalized spacial score (nSPS) is 20.2. The van der Waals surface area contributed by atoms with E-state index < -0.39 is 5.60 Å². The van der Waals surface area contributed by atoms with E-state index in [1.165, 1.54) is 0 Å². The van der Waals surface area contributed by atoms with Crippen LogP contribution in [0.15, 0.2) is 0 Å². The summed E-state index contributed by atoms with van der Waals surface area (Å²) in [5.74, 6) is -0.0591. The molecule has 0 saturated heterocycles. The molecule has 0 heterocycles. The number of hydrogen-bond acceptors (Lipinski definition) is 4. The van der Waals surface area contributed by atoms with Crippen molar-refractivity contribution < 1.29 is 14.6 Å². The minimum Gasteiger partial charge on any atom is -0.389 e. The van der Waals surface area contributed by atoms with Gasteiger partial charge in [-0.3, -0.25) is 4.79 Å². The van der Waals surface area contributed by atoms with E-state index in [0.29, 0.717) is 13.2 Å². The molecule has 1 amide bonds. The quantitative estimate of drug-likeness (QED) is 0.591. The summed E-state index contributed by atoms with van der Waals surface area (Å²) in [5, 5.41) is 15.9. The number of carbonyl (C=O) groups is 1. The Morgan fingerprint density at radius 1 is 1.47 bits per heavy atom. The van der Waals surface area contributed by atoms with Crippen LogP contribution in [0.1, 0.15) is 32.6 Å². The molecule has 17 heavy (non-hydrogen) atoms. The molecular weight excluding hydrogens is 220 g/mol. The Morgan fingerprint density at radius 3 is 2.71 bits per heavy atom. The zero-order valence-corrected chi connectivity index (χ0v) is 10.8. The van der Waals surface area contributed by atoms with Crippen molar-refractivity contribution >= 4 is 5.91 Å². The fourth-order valence-corrected chi connectivity index (χ4v) is 2.24. The molecule has 0 spiro atoms. The number of amides is 1. The lowest BCUT2D eigenvalue weighted by molar-refractivity contribution is -0.121. The first-order chi connectivity index (χ1) is 8.06. The third kappa shape index (κ3) is 5.48. The van der Waals surface area contributed by atoms with Crippen molar-refractivity contribution in [3.05, 3.63) is 0 Å². The number of aliphatic hydroxyl groups is 1. The third-order valence-electron chi connectivity index (χ3n) is 3.10. The van der Waals surface area contributed by atoms with Gasteiger partial charge in [0.1, 0.15) is 0 Å². The minimum absolute atomic E-state index is 0.0175. The van der Waals surface area contributed by atoms with Gasteiger partial charge in [0.25, 0.3) is 0 Å². The van der Waals surface area contributed by atoms with Crippen LogP contribution in [-0.4, -0.2) is 49.5 Å². The maximum atomic E-state index is 11.5. The van der Waals surface area contributed by atoms with Gasteiger partial charge in [-0.2, -0.15) is 0 Å². The molecule has 0 aromatic heterocycles. The fourth-order valence-electron chi connectivity index (χ4n) is 2.24. The molecular formula is C12H24N2O3. The Labute approximate surface area is 103 Å². The van der Waals surface area contributed by atoms with Crippen LogP contribution in [0.2, 0.25) is 0 Å². The average molecular weight is 244 g/mol. The van der Waals surface area contributed by atoms with Crippen LogP contribution in [0.4, 0.5) is 0 Å². The smallest absolute Gasteiger partial charge is 0.234 e. The maximum Gasteiger partial charge on any atom is 0.234 e. The highest BCUT2D eigenvalue weighted by molar-refractivity contribution is 5.78. The van der Waals surface area contributed by atoms with Gasteiger partial charge in [0.05, 0.1) is 18.8 Å². The standard InChI is InChI=1S/C12H24N2O3/c1-10(8-17-2)14-11(15)7-13-9-12(16)5-3-4-6-12/h10,13,16H,3-9H2,1-2H3,(H,14,15). The van der Waals surface area contributed by atoms with Crippen molar-refractivity contribution in [2.45, 2.75) is 44.2 Å². The SMILES string of the molecule is COCC(C)NC(=O)CNCC1(O)CCCC1. The summed E-state index contributed by atoms with van der Waals surface area (Å²) in [4.78, 5) is 11.5. The molecule has 1 aliphatic carbocycles. The molecule has 5 heteroatoms. The van der Waals surface area contributed by atoms with Crippen LogP contribution in [-0.2, 0) is 9.53 Å². The van der Waals surface area contributed by atoms with Gasteiger partial charge in [-0.15, -0.1) is 0 Å². The van der Waals surface area contributed by atoms with E-state index in [4.69, 9.17) is 4.74 Å². The van der Waals surface area contributed by atoms with E-state index in [-0.39, 0.29) is 18.5 Å². The van der Waals surface area contributed by atoms with Crippen molar-refractivity contribution in [2.24, 2.45) is 0 Å². The van der Waals surface area contributed by atoms with Gasteiger partial charge in [0.2, 0.25) is 5.91 Å². The number of hydrogen-bond donors (Lipinski definition) is 3. The van der Waals surface area contributed by atoms with Crippen molar-refractivity contribution in [1.29, 1.82) is 0 Å². The molecule has 5 nitrogen and oxygen atoms in total. The average Bonchev–Trinajstić information content (AvgIpc) is 2.65. The summed E-state index contributed by atoms with van der Waals surface area (Å²) in [6.07, 6.45) is 3.83. The van der Waals surface area contributed by atoms with E-state index in [1.54, 1.807) is 7.11 Å². The molecule has 0 aromatic carbocycles. The maximum absolute atomic E-state index is 11.5.